The van der Waals surface area contributed by atoms with Crippen molar-refractivity contribution >= 4 is 23.2 Å². The minimum atomic E-state index is -0.136. The van der Waals surface area contributed by atoms with Crippen molar-refractivity contribution in [2.75, 3.05) is 39.9 Å². The van der Waals surface area contributed by atoms with Gasteiger partial charge in [0.1, 0.15) is 12.4 Å². The fourth-order valence-corrected chi connectivity index (χ4v) is 4.37. The van der Waals surface area contributed by atoms with Crippen molar-refractivity contribution in [1.82, 2.24) is 9.80 Å². The van der Waals surface area contributed by atoms with Crippen LogP contribution in [0.1, 0.15) is 15.2 Å². The lowest BCUT2D eigenvalue weighted by Gasteiger charge is -2.28. The van der Waals surface area contributed by atoms with Gasteiger partial charge in [-0.05, 0) is 18.2 Å². The molecule has 6 nitrogen and oxygen atoms in total. The average molecular weight is 372 g/mol. The van der Waals surface area contributed by atoms with E-state index in [1.54, 1.807) is 11.9 Å². The highest BCUT2D eigenvalue weighted by atomic mass is 32.1. The molecule has 3 heterocycles. The first-order chi connectivity index (χ1) is 12.6. The van der Waals surface area contributed by atoms with E-state index in [0.29, 0.717) is 37.8 Å². The molecule has 4 rings (SSSR count). The summed E-state index contributed by atoms with van der Waals surface area (Å²) in [6, 6.07) is 9.73. The molecule has 2 aromatic rings. The standard InChI is InChI=1S/C19H20N2O4S/c1-20(11-17(22)21-6-8-24-9-7-21)19(23)16-10-13-12-25-15-5-3-2-4-14(15)18(13)26-16/h2-5,10H,6-9,11-12H2,1H3. The van der Waals surface area contributed by atoms with Gasteiger partial charge in [-0.15, -0.1) is 11.3 Å². The SMILES string of the molecule is CN(CC(=O)N1CCOCC1)C(=O)c1cc2c(s1)-c1ccccc1OC2. The summed E-state index contributed by atoms with van der Waals surface area (Å²) >= 11 is 1.46. The molecule has 2 aliphatic heterocycles. The summed E-state index contributed by atoms with van der Waals surface area (Å²) in [5, 5.41) is 0. The Labute approximate surface area is 155 Å². The fourth-order valence-electron chi connectivity index (χ4n) is 3.18. The molecule has 7 heteroatoms. The third-order valence-electron chi connectivity index (χ3n) is 4.62. The van der Waals surface area contributed by atoms with Crippen molar-refractivity contribution in [3.63, 3.8) is 0 Å². The number of hydrogen-bond acceptors (Lipinski definition) is 5. The highest BCUT2D eigenvalue weighted by molar-refractivity contribution is 7.17. The summed E-state index contributed by atoms with van der Waals surface area (Å²) in [4.78, 5) is 30.1. The Morgan fingerprint density at radius 2 is 2.00 bits per heavy atom. The molecule has 0 N–H and O–H groups in total. The first-order valence-corrected chi connectivity index (χ1v) is 9.41. The van der Waals surface area contributed by atoms with Crippen molar-refractivity contribution in [3.05, 3.63) is 40.8 Å². The molecule has 2 aliphatic rings. The van der Waals surface area contributed by atoms with E-state index < -0.39 is 0 Å². The zero-order chi connectivity index (χ0) is 18.1. The second kappa shape index (κ2) is 7.09. The van der Waals surface area contributed by atoms with Crippen LogP contribution in [0.4, 0.5) is 0 Å². The van der Waals surface area contributed by atoms with Crippen molar-refractivity contribution in [2.45, 2.75) is 6.61 Å². The molecule has 0 radical (unpaired) electrons. The van der Waals surface area contributed by atoms with E-state index in [9.17, 15) is 9.59 Å². The number of benzene rings is 1. The molecule has 2 amide bonds. The summed E-state index contributed by atoms with van der Waals surface area (Å²) < 4.78 is 11.0. The summed E-state index contributed by atoms with van der Waals surface area (Å²) in [6.07, 6.45) is 0. The van der Waals surface area contributed by atoms with E-state index in [1.165, 1.54) is 16.2 Å². The molecule has 1 saturated heterocycles. The van der Waals surface area contributed by atoms with Crippen LogP contribution >= 0.6 is 11.3 Å². The number of ether oxygens (including phenoxy) is 2. The van der Waals surface area contributed by atoms with Crippen LogP contribution in [0.15, 0.2) is 30.3 Å². The van der Waals surface area contributed by atoms with Crippen LogP contribution in [-0.2, 0) is 16.1 Å². The van der Waals surface area contributed by atoms with Gasteiger partial charge in [0, 0.05) is 36.1 Å². The van der Waals surface area contributed by atoms with Crippen LogP contribution in [0, 0.1) is 0 Å². The lowest BCUT2D eigenvalue weighted by molar-refractivity contribution is -0.135. The fraction of sp³-hybridized carbons (Fsp3) is 0.368. The Kier molecular flexibility index (Phi) is 4.65. The number of rotatable bonds is 3. The molecular weight excluding hydrogens is 352 g/mol. The molecule has 0 atom stereocenters. The number of thiophene rings is 1. The molecule has 0 bridgehead atoms. The molecule has 0 aliphatic carbocycles. The Morgan fingerprint density at radius 1 is 1.23 bits per heavy atom. The molecule has 136 valence electrons. The summed E-state index contributed by atoms with van der Waals surface area (Å²) in [5.41, 5.74) is 2.04. The Balaban J connectivity index is 1.49. The zero-order valence-corrected chi connectivity index (χ0v) is 15.4. The number of fused-ring (bicyclic) bond motifs is 3. The highest BCUT2D eigenvalue weighted by Crippen LogP contribution is 2.42. The van der Waals surface area contributed by atoms with E-state index in [-0.39, 0.29) is 18.4 Å². The number of amides is 2. The quantitative estimate of drug-likeness (QED) is 0.829. The van der Waals surface area contributed by atoms with Gasteiger partial charge in [0.15, 0.2) is 0 Å². The third kappa shape index (κ3) is 3.20. The number of carbonyl (C=O) groups is 2. The second-order valence-electron chi connectivity index (χ2n) is 6.40. The van der Waals surface area contributed by atoms with Gasteiger partial charge in [-0.2, -0.15) is 0 Å². The molecule has 0 spiro atoms. The van der Waals surface area contributed by atoms with E-state index in [0.717, 1.165) is 21.8 Å². The summed E-state index contributed by atoms with van der Waals surface area (Å²) in [5.74, 6) is 0.666. The second-order valence-corrected chi connectivity index (χ2v) is 7.46. The monoisotopic (exact) mass is 372 g/mol. The van der Waals surface area contributed by atoms with E-state index in [2.05, 4.69) is 0 Å². The Morgan fingerprint density at radius 3 is 2.81 bits per heavy atom. The van der Waals surface area contributed by atoms with Crippen molar-refractivity contribution in [3.8, 4) is 16.2 Å². The Hall–Kier alpha value is -2.38. The predicted octanol–water partition coefficient (Wildman–Crippen LogP) is 2.24. The van der Waals surface area contributed by atoms with Crippen molar-refractivity contribution in [2.24, 2.45) is 0 Å². The lowest BCUT2D eigenvalue weighted by atomic mass is 10.1. The maximum atomic E-state index is 12.8. The molecule has 26 heavy (non-hydrogen) atoms. The van der Waals surface area contributed by atoms with Crippen LogP contribution in [0.2, 0.25) is 0 Å². The molecular formula is C19H20N2O4S. The van der Waals surface area contributed by atoms with E-state index in [1.807, 2.05) is 30.3 Å². The number of hydrogen-bond donors (Lipinski definition) is 0. The van der Waals surface area contributed by atoms with E-state index >= 15 is 0 Å². The lowest BCUT2D eigenvalue weighted by Crippen LogP contribution is -2.46. The topological polar surface area (TPSA) is 59.1 Å². The number of nitrogens with zero attached hydrogens (tertiary/aromatic N) is 2. The highest BCUT2D eigenvalue weighted by Gasteiger charge is 2.25. The Bertz CT molecular complexity index is 842. The third-order valence-corrected chi connectivity index (χ3v) is 5.82. The van der Waals surface area contributed by atoms with Crippen LogP contribution in [0.3, 0.4) is 0 Å². The van der Waals surface area contributed by atoms with Gasteiger partial charge in [-0.25, -0.2) is 0 Å². The molecule has 1 aromatic carbocycles. The van der Waals surface area contributed by atoms with Gasteiger partial charge in [0.05, 0.1) is 24.6 Å². The molecule has 1 aromatic heterocycles. The average Bonchev–Trinajstić information content (AvgIpc) is 3.12. The first-order valence-electron chi connectivity index (χ1n) is 8.59. The van der Waals surface area contributed by atoms with Gasteiger partial charge in [0.2, 0.25) is 5.91 Å². The van der Waals surface area contributed by atoms with Crippen LogP contribution < -0.4 is 4.74 Å². The predicted molar refractivity (Wildman–Crippen MR) is 98.4 cm³/mol. The van der Waals surface area contributed by atoms with Crippen LogP contribution in [0.25, 0.3) is 10.4 Å². The number of carbonyl (C=O) groups excluding carboxylic acids is 2. The summed E-state index contributed by atoms with van der Waals surface area (Å²) in [6.45, 7) is 2.83. The number of para-hydroxylation sites is 1. The molecule has 1 fully saturated rings. The van der Waals surface area contributed by atoms with Gasteiger partial charge < -0.3 is 19.3 Å². The van der Waals surface area contributed by atoms with Gasteiger partial charge in [-0.3, -0.25) is 9.59 Å². The zero-order valence-electron chi connectivity index (χ0n) is 14.6. The minimum Gasteiger partial charge on any atom is -0.488 e. The summed E-state index contributed by atoms with van der Waals surface area (Å²) in [7, 11) is 1.67. The molecule has 0 unspecified atom stereocenters. The van der Waals surface area contributed by atoms with Gasteiger partial charge >= 0.3 is 0 Å². The van der Waals surface area contributed by atoms with Crippen LogP contribution in [0.5, 0.6) is 5.75 Å². The van der Waals surface area contributed by atoms with E-state index in [4.69, 9.17) is 9.47 Å². The van der Waals surface area contributed by atoms with Crippen molar-refractivity contribution < 1.29 is 19.1 Å². The maximum absolute atomic E-state index is 12.8. The number of morpholine rings is 1. The molecule has 0 saturated carbocycles. The van der Waals surface area contributed by atoms with Crippen molar-refractivity contribution in [1.29, 1.82) is 0 Å². The maximum Gasteiger partial charge on any atom is 0.264 e. The smallest absolute Gasteiger partial charge is 0.264 e. The van der Waals surface area contributed by atoms with Gasteiger partial charge in [0.25, 0.3) is 5.91 Å². The normalized spacial score (nSPS) is 15.7. The minimum absolute atomic E-state index is 0.0425. The number of likely N-dealkylation sites (N-methyl/N-ethyl adjacent to an activating group) is 1. The van der Waals surface area contributed by atoms with Crippen LogP contribution in [-0.4, -0.2) is 61.5 Å². The first kappa shape index (κ1) is 17.1. The largest absolute Gasteiger partial charge is 0.488 e. The van der Waals surface area contributed by atoms with Gasteiger partial charge in [-0.1, -0.05) is 12.1 Å².